The zero-order valence-corrected chi connectivity index (χ0v) is 17.9. The van der Waals surface area contributed by atoms with Gasteiger partial charge in [-0.1, -0.05) is 23.8 Å². The molecular weight excluding hydrogens is 384 g/mol. The maximum atomic E-state index is 13.1. The molecule has 0 N–H and O–H groups in total. The third-order valence-corrected chi connectivity index (χ3v) is 8.16. The van der Waals surface area contributed by atoms with Gasteiger partial charge in [0.2, 0.25) is 15.9 Å². The second-order valence-electron chi connectivity index (χ2n) is 8.20. The highest BCUT2D eigenvalue weighted by Crippen LogP contribution is 2.29. The van der Waals surface area contributed by atoms with Crippen LogP contribution in [0.25, 0.3) is 0 Å². The van der Waals surface area contributed by atoms with Crippen molar-refractivity contribution in [3.8, 4) is 0 Å². The van der Waals surface area contributed by atoms with Gasteiger partial charge in [0.1, 0.15) is 0 Å². The van der Waals surface area contributed by atoms with E-state index >= 15 is 0 Å². The van der Waals surface area contributed by atoms with Crippen LogP contribution in [0.2, 0.25) is 0 Å². The maximum absolute atomic E-state index is 13.1. The summed E-state index contributed by atoms with van der Waals surface area (Å²) in [5.41, 5.74) is 4.46. The molecule has 2 aromatic rings. The van der Waals surface area contributed by atoms with Gasteiger partial charge in [-0.3, -0.25) is 4.79 Å². The van der Waals surface area contributed by atoms with Crippen molar-refractivity contribution in [3.05, 3.63) is 59.2 Å². The quantitative estimate of drug-likeness (QED) is 0.772. The first kappa shape index (κ1) is 20.1. The zero-order chi connectivity index (χ0) is 20.6. The minimum Gasteiger partial charge on any atom is -0.315 e. The van der Waals surface area contributed by atoms with Gasteiger partial charge in [0.05, 0.1) is 4.90 Å². The summed E-state index contributed by atoms with van der Waals surface area (Å²) in [6.45, 7) is 2.79. The highest BCUT2D eigenvalue weighted by atomic mass is 32.2. The Morgan fingerprint density at radius 2 is 1.66 bits per heavy atom. The Hall–Kier alpha value is -2.18. The van der Waals surface area contributed by atoms with Crippen molar-refractivity contribution in [1.29, 1.82) is 0 Å². The second-order valence-corrected chi connectivity index (χ2v) is 10.1. The predicted octanol–water partition coefficient (Wildman–Crippen LogP) is 3.55. The summed E-state index contributed by atoms with van der Waals surface area (Å²) >= 11 is 0. The molecule has 0 radical (unpaired) electrons. The van der Waals surface area contributed by atoms with Crippen molar-refractivity contribution in [2.75, 3.05) is 25.0 Å². The standard InChI is InChI=1S/C23H28N2O3S/c1-17-6-9-21(10-7-17)24(2)23(26)19-12-14-25(15-13-19)29(27,28)22-11-8-18-4-3-5-20(18)16-22/h6-11,16,19H,3-5,12-15H2,1-2H3. The van der Waals surface area contributed by atoms with Gasteiger partial charge >= 0.3 is 0 Å². The summed E-state index contributed by atoms with van der Waals surface area (Å²) in [7, 11) is -1.71. The van der Waals surface area contributed by atoms with Crippen LogP contribution in [0.1, 0.15) is 36.0 Å². The van der Waals surface area contributed by atoms with E-state index in [0.29, 0.717) is 30.8 Å². The number of fused-ring (bicyclic) bond motifs is 1. The molecule has 6 heteroatoms. The Bertz CT molecular complexity index is 1010. The molecule has 2 aromatic carbocycles. The van der Waals surface area contributed by atoms with Gasteiger partial charge in [-0.2, -0.15) is 4.31 Å². The van der Waals surface area contributed by atoms with Gasteiger partial charge in [-0.25, -0.2) is 8.42 Å². The second kappa shape index (κ2) is 7.92. The smallest absolute Gasteiger partial charge is 0.243 e. The summed E-state index contributed by atoms with van der Waals surface area (Å²) in [5.74, 6) is -0.0868. The van der Waals surface area contributed by atoms with E-state index in [1.807, 2.05) is 43.3 Å². The van der Waals surface area contributed by atoms with E-state index in [-0.39, 0.29) is 11.8 Å². The van der Waals surface area contributed by atoms with Crippen LogP contribution in [0, 0.1) is 12.8 Å². The number of hydrogen-bond acceptors (Lipinski definition) is 3. The Kier molecular flexibility index (Phi) is 5.49. The minimum absolute atomic E-state index is 0.0587. The first-order valence-corrected chi connectivity index (χ1v) is 11.8. The van der Waals surface area contributed by atoms with E-state index in [9.17, 15) is 13.2 Å². The monoisotopic (exact) mass is 412 g/mol. The number of carbonyl (C=O) groups excluding carboxylic acids is 1. The van der Waals surface area contributed by atoms with E-state index < -0.39 is 10.0 Å². The molecule has 5 nitrogen and oxygen atoms in total. The number of benzene rings is 2. The molecule has 0 spiro atoms. The average molecular weight is 413 g/mol. The Labute approximate surface area is 173 Å². The molecular formula is C23H28N2O3S. The van der Waals surface area contributed by atoms with Gasteiger partial charge in [-0.05, 0) is 74.4 Å². The molecule has 29 heavy (non-hydrogen) atoms. The summed E-state index contributed by atoms with van der Waals surface area (Å²) in [6, 6.07) is 13.4. The van der Waals surface area contributed by atoms with Gasteiger partial charge in [0.25, 0.3) is 0 Å². The lowest BCUT2D eigenvalue weighted by molar-refractivity contribution is -0.123. The van der Waals surface area contributed by atoms with Crippen LogP contribution in [0.4, 0.5) is 5.69 Å². The van der Waals surface area contributed by atoms with E-state index in [4.69, 9.17) is 0 Å². The first-order chi connectivity index (χ1) is 13.9. The molecule has 1 heterocycles. The molecule has 0 saturated carbocycles. The SMILES string of the molecule is Cc1ccc(N(C)C(=O)C2CCN(S(=O)(=O)c3ccc4c(c3)CCC4)CC2)cc1. The van der Waals surface area contributed by atoms with Crippen LogP contribution in [0.5, 0.6) is 0 Å². The zero-order valence-electron chi connectivity index (χ0n) is 17.1. The molecule has 0 aromatic heterocycles. The van der Waals surface area contributed by atoms with Crippen LogP contribution in [0.15, 0.2) is 47.4 Å². The lowest BCUT2D eigenvalue weighted by atomic mass is 9.96. The lowest BCUT2D eigenvalue weighted by Gasteiger charge is -2.32. The van der Waals surface area contributed by atoms with E-state index in [2.05, 4.69) is 0 Å². The molecule has 2 aliphatic rings. The highest BCUT2D eigenvalue weighted by Gasteiger charge is 2.33. The van der Waals surface area contributed by atoms with E-state index in [0.717, 1.165) is 36.1 Å². The number of rotatable bonds is 4. The molecule has 1 aliphatic heterocycles. The fraction of sp³-hybridized carbons (Fsp3) is 0.435. The van der Waals surface area contributed by atoms with Crippen LogP contribution in [-0.2, 0) is 27.7 Å². The number of carbonyl (C=O) groups is 1. The predicted molar refractivity (Wildman–Crippen MR) is 115 cm³/mol. The van der Waals surface area contributed by atoms with Crippen molar-refractivity contribution in [2.45, 2.75) is 43.9 Å². The molecule has 1 aliphatic carbocycles. The molecule has 4 rings (SSSR count). The normalized spacial score (nSPS) is 17.9. The lowest BCUT2D eigenvalue weighted by Crippen LogP contribution is -2.43. The number of sulfonamides is 1. The molecule has 154 valence electrons. The largest absolute Gasteiger partial charge is 0.315 e. The fourth-order valence-corrected chi connectivity index (χ4v) is 5.89. The maximum Gasteiger partial charge on any atom is 0.243 e. The third-order valence-electron chi connectivity index (χ3n) is 6.26. The number of nitrogens with zero attached hydrogens (tertiary/aromatic N) is 2. The van der Waals surface area contributed by atoms with Gasteiger partial charge in [0.15, 0.2) is 0 Å². The number of amides is 1. The van der Waals surface area contributed by atoms with E-state index in [1.165, 1.54) is 5.56 Å². The number of anilines is 1. The topological polar surface area (TPSA) is 57.7 Å². The van der Waals surface area contributed by atoms with E-state index in [1.54, 1.807) is 22.3 Å². The number of piperidine rings is 1. The van der Waals surface area contributed by atoms with Gasteiger partial charge < -0.3 is 4.90 Å². The fourth-order valence-electron chi connectivity index (χ4n) is 4.37. The van der Waals surface area contributed by atoms with Crippen molar-refractivity contribution in [1.82, 2.24) is 4.31 Å². The molecule has 0 atom stereocenters. The summed E-state index contributed by atoms with van der Waals surface area (Å²) < 4.78 is 27.7. The molecule has 1 amide bonds. The van der Waals surface area contributed by atoms with Crippen LogP contribution >= 0.6 is 0 Å². The minimum atomic E-state index is -3.50. The Balaban J connectivity index is 1.42. The van der Waals surface area contributed by atoms with Crippen LogP contribution in [0.3, 0.4) is 0 Å². The third kappa shape index (κ3) is 3.96. The average Bonchev–Trinajstić information content (AvgIpc) is 3.21. The highest BCUT2D eigenvalue weighted by molar-refractivity contribution is 7.89. The van der Waals surface area contributed by atoms with Crippen molar-refractivity contribution >= 4 is 21.6 Å². The number of aryl methyl sites for hydroxylation is 3. The summed E-state index contributed by atoms with van der Waals surface area (Å²) in [5, 5.41) is 0. The summed E-state index contributed by atoms with van der Waals surface area (Å²) in [4.78, 5) is 15.0. The summed E-state index contributed by atoms with van der Waals surface area (Å²) in [6.07, 6.45) is 4.21. The molecule has 1 saturated heterocycles. The number of hydrogen-bond donors (Lipinski definition) is 0. The van der Waals surface area contributed by atoms with Crippen LogP contribution < -0.4 is 4.90 Å². The van der Waals surface area contributed by atoms with Crippen LogP contribution in [-0.4, -0.2) is 38.8 Å². The Morgan fingerprint density at radius 3 is 2.34 bits per heavy atom. The van der Waals surface area contributed by atoms with Crippen molar-refractivity contribution < 1.29 is 13.2 Å². The molecule has 0 bridgehead atoms. The molecule has 1 fully saturated rings. The first-order valence-electron chi connectivity index (χ1n) is 10.3. The van der Waals surface area contributed by atoms with Crippen molar-refractivity contribution in [3.63, 3.8) is 0 Å². The Morgan fingerprint density at radius 1 is 1.00 bits per heavy atom. The van der Waals surface area contributed by atoms with Gasteiger partial charge in [0, 0.05) is 31.7 Å². The van der Waals surface area contributed by atoms with Crippen molar-refractivity contribution in [2.24, 2.45) is 5.92 Å². The van der Waals surface area contributed by atoms with Gasteiger partial charge in [-0.15, -0.1) is 0 Å². The molecule has 0 unspecified atom stereocenters.